The first kappa shape index (κ1) is 15.5. The average molecular weight is 266 g/mol. The molecule has 19 heavy (non-hydrogen) atoms. The predicted molar refractivity (Wildman–Crippen MR) is 74.0 cm³/mol. The van der Waals surface area contributed by atoms with E-state index in [9.17, 15) is 9.90 Å². The van der Waals surface area contributed by atoms with Crippen molar-refractivity contribution in [1.82, 2.24) is 0 Å². The topological polar surface area (TPSA) is 55.8 Å². The van der Waals surface area contributed by atoms with Crippen molar-refractivity contribution in [3.05, 3.63) is 23.8 Å². The maximum absolute atomic E-state index is 11.0. The molecule has 1 aromatic carbocycles. The van der Waals surface area contributed by atoms with Crippen LogP contribution in [0.15, 0.2) is 18.2 Å². The molecule has 0 radical (unpaired) electrons. The van der Waals surface area contributed by atoms with Gasteiger partial charge in [-0.2, -0.15) is 0 Å². The van der Waals surface area contributed by atoms with Crippen LogP contribution in [-0.2, 0) is 0 Å². The van der Waals surface area contributed by atoms with Crippen molar-refractivity contribution in [3.63, 3.8) is 0 Å². The fourth-order valence-corrected chi connectivity index (χ4v) is 1.43. The summed E-state index contributed by atoms with van der Waals surface area (Å²) in [5.41, 5.74) is -0.537. The van der Waals surface area contributed by atoms with Crippen LogP contribution in [0, 0.1) is 5.92 Å². The number of carbonyl (C=O) groups excluding carboxylic acids is 1. The first-order valence-corrected chi connectivity index (χ1v) is 6.48. The molecule has 1 unspecified atom stereocenters. The molecule has 0 aliphatic rings. The molecule has 0 saturated carbocycles. The molecular weight excluding hydrogens is 244 g/mol. The molecule has 106 valence electrons. The average Bonchev–Trinajstić information content (AvgIpc) is 2.37. The fraction of sp³-hybridized carbons (Fsp3) is 0.533. The number of aliphatic hydroxyl groups is 1. The highest BCUT2D eigenvalue weighted by atomic mass is 16.5. The number of rotatable bonds is 7. The molecule has 0 bridgehead atoms. The normalized spacial score (nSPS) is 14.0. The van der Waals surface area contributed by atoms with E-state index in [1.165, 1.54) is 0 Å². The Morgan fingerprint density at radius 1 is 1.37 bits per heavy atom. The van der Waals surface area contributed by atoms with Crippen molar-refractivity contribution in [2.75, 3.05) is 13.2 Å². The molecule has 0 amide bonds. The van der Waals surface area contributed by atoms with Crippen molar-refractivity contribution in [2.24, 2.45) is 5.92 Å². The smallest absolute Gasteiger partial charge is 0.171 e. The number of benzene rings is 1. The zero-order chi connectivity index (χ0) is 14.5. The molecular formula is C15H22O4. The van der Waals surface area contributed by atoms with E-state index < -0.39 is 5.60 Å². The molecule has 0 fully saturated rings. The van der Waals surface area contributed by atoms with E-state index in [0.717, 1.165) is 6.29 Å². The van der Waals surface area contributed by atoms with Gasteiger partial charge in [-0.15, -0.1) is 0 Å². The van der Waals surface area contributed by atoms with Crippen LogP contribution < -0.4 is 9.47 Å². The third-order valence-electron chi connectivity index (χ3n) is 3.19. The maximum Gasteiger partial charge on any atom is 0.171 e. The Morgan fingerprint density at radius 3 is 2.58 bits per heavy atom. The van der Waals surface area contributed by atoms with Gasteiger partial charge in [0.25, 0.3) is 0 Å². The van der Waals surface area contributed by atoms with E-state index in [0.29, 0.717) is 23.7 Å². The van der Waals surface area contributed by atoms with Crippen LogP contribution in [0.25, 0.3) is 0 Å². The molecule has 0 aromatic heterocycles. The lowest BCUT2D eigenvalue weighted by molar-refractivity contribution is -0.0273. The van der Waals surface area contributed by atoms with E-state index in [4.69, 9.17) is 9.47 Å². The van der Waals surface area contributed by atoms with Gasteiger partial charge in [-0.25, -0.2) is 0 Å². The number of ether oxygens (including phenoxy) is 2. The summed E-state index contributed by atoms with van der Waals surface area (Å²) in [5, 5.41) is 10.2. The van der Waals surface area contributed by atoms with E-state index in [1.54, 1.807) is 25.1 Å². The molecule has 0 saturated heterocycles. The van der Waals surface area contributed by atoms with Crippen LogP contribution in [0.2, 0.25) is 0 Å². The van der Waals surface area contributed by atoms with Gasteiger partial charge in [0.2, 0.25) is 0 Å². The molecule has 4 nitrogen and oxygen atoms in total. The largest absolute Gasteiger partial charge is 0.490 e. The fourth-order valence-electron chi connectivity index (χ4n) is 1.43. The lowest BCUT2D eigenvalue weighted by Crippen LogP contribution is -2.38. The van der Waals surface area contributed by atoms with Gasteiger partial charge >= 0.3 is 0 Å². The summed E-state index contributed by atoms with van der Waals surface area (Å²) in [6, 6.07) is 5.15. The molecule has 4 heteroatoms. The Bertz CT molecular complexity index is 424. The van der Waals surface area contributed by atoms with Crippen LogP contribution in [-0.4, -0.2) is 30.2 Å². The molecule has 0 spiro atoms. The Hall–Kier alpha value is -1.55. The van der Waals surface area contributed by atoms with Crippen LogP contribution >= 0.6 is 0 Å². The summed E-state index contributed by atoms with van der Waals surface area (Å²) in [6.45, 7) is 7.99. The monoisotopic (exact) mass is 266 g/mol. The molecule has 0 aliphatic carbocycles. The Labute approximate surface area is 114 Å². The molecule has 1 N–H and O–H groups in total. The Morgan fingerprint density at radius 2 is 2.05 bits per heavy atom. The van der Waals surface area contributed by atoms with Crippen molar-refractivity contribution < 1.29 is 19.4 Å². The Balaban J connectivity index is 2.95. The maximum atomic E-state index is 11.0. The highest BCUT2D eigenvalue weighted by molar-refractivity contribution is 5.81. The first-order valence-electron chi connectivity index (χ1n) is 6.48. The standard InChI is InChI=1S/C15H22O4/c1-5-18-13-8-6-7-12(9-16)14(13)19-10-15(4,17)11(2)3/h6-9,11,17H,5,10H2,1-4H3. The molecule has 0 heterocycles. The summed E-state index contributed by atoms with van der Waals surface area (Å²) in [6.07, 6.45) is 0.724. The third-order valence-corrected chi connectivity index (χ3v) is 3.19. The van der Waals surface area contributed by atoms with Gasteiger partial charge in [0.15, 0.2) is 17.8 Å². The van der Waals surface area contributed by atoms with Crippen molar-refractivity contribution >= 4 is 6.29 Å². The summed E-state index contributed by atoms with van der Waals surface area (Å²) in [7, 11) is 0. The van der Waals surface area contributed by atoms with E-state index in [2.05, 4.69) is 0 Å². The lowest BCUT2D eigenvalue weighted by atomic mass is 9.94. The zero-order valence-corrected chi connectivity index (χ0v) is 12.0. The number of hydrogen-bond acceptors (Lipinski definition) is 4. The highest BCUT2D eigenvalue weighted by Crippen LogP contribution is 2.31. The van der Waals surface area contributed by atoms with Gasteiger partial charge in [-0.05, 0) is 31.9 Å². The number of carbonyl (C=O) groups is 1. The lowest BCUT2D eigenvalue weighted by Gasteiger charge is -2.28. The highest BCUT2D eigenvalue weighted by Gasteiger charge is 2.27. The predicted octanol–water partition coefficient (Wildman–Crippen LogP) is 2.68. The quantitative estimate of drug-likeness (QED) is 0.771. The van der Waals surface area contributed by atoms with Crippen molar-refractivity contribution in [2.45, 2.75) is 33.3 Å². The minimum Gasteiger partial charge on any atom is -0.490 e. The zero-order valence-electron chi connectivity index (χ0n) is 12.0. The summed E-state index contributed by atoms with van der Waals surface area (Å²) >= 11 is 0. The number of hydrogen-bond donors (Lipinski definition) is 1. The van der Waals surface area contributed by atoms with Gasteiger partial charge in [0, 0.05) is 0 Å². The Kier molecular flexibility index (Phi) is 5.36. The van der Waals surface area contributed by atoms with E-state index in [1.807, 2.05) is 20.8 Å². The van der Waals surface area contributed by atoms with Gasteiger partial charge in [0.1, 0.15) is 6.61 Å². The second kappa shape index (κ2) is 6.57. The van der Waals surface area contributed by atoms with Crippen molar-refractivity contribution in [3.8, 4) is 11.5 Å². The van der Waals surface area contributed by atoms with Gasteiger partial charge in [-0.1, -0.05) is 19.9 Å². The van der Waals surface area contributed by atoms with Crippen molar-refractivity contribution in [1.29, 1.82) is 0 Å². The van der Waals surface area contributed by atoms with Crippen LogP contribution in [0.5, 0.6) is 11.5 Å². The third kappa shape index (κ3) is 3.96. The van der Waals surface area contributed by atoms with E-state index >= 15 is 0 Å². The SMILES string of the molecule is CCOc1cccc(C=O)c1OCC(C)(O)C(C)C. The molecule has 0 aliphatic heterocycles. The van der Waals surface area contributed by atoms with Crippen LogP contribution in [0.4, 0.5) is 0 Å². The first-order chi connectivity index (χ1) is 8.92. The van der Waals surface area contributed by atoms with E-state index in [-0.39, 0.29) is 12.5 Å². The molecule has 1 aromatic rings. The summed E-state index contributed by atoms with van der Waals surface area (Å²) in [5.74, 6) is 0.957. The van der Waals surface area contributed by atoms with Crippen LogP contribution in [0.3, 0.4) is 0 Å². The number of aldehydes is 1. The second-order valence-corrected chi connectivity index (χ2v) is 5.03. The molecule has 1 atom stereocenters. The van der Waals surface area contributed by atoms with Gasteiger partial charge < -0.3 is 14.6 Å². The molecule has 1 rings (SSSR count). The number of para-hydroxylation sites is 1. The van der Waals surface area contributed by atoms with Gasteiger partial charge in [-0.3, -0.25) is 4.79 Å². The minimum atomic E-state index is -0.959. The summed E-state index contributed by atoms with van der Waals surface area (Å²) < 4.78 is 11.1. The summed E-state index contributed by atoms with van der Waals surface area (Å²) in [4.78, 5) is 11.0. The van der Waals surface area contributed by atoms with Gasteiger partial charge in [0.05, 0.1) is 17.8 Å². The second-order valence-electron chi connectivity index (χ2n) is 5.03. The minimum absolute atomic E-state index is 0.0476. The van der Waals surface area contributed by atoms with Crippen LogP contribution in [0.1, 0.15) is 38.1 Å².